The number of amides is 2. The first-order valence-corrected chi connectivity index (χ1v) is 13.7. The molecule has 36 heavy (non-hydrogen) atoms. The quantitative estimate of drug-likeness (QED) is 0.243. The molecule has 194 valence electrons. The van der Waals surface area contributed by atoms with Gasteiger partial charge in [-0.2, -0.15) is 0 Å². The number of carbonyl (C=O) groups is 2. The Morgan fingerprint density at radius 3 is 2.31 bits per heavy atom. The summed E-state index contributed by atoms with van der Waals surface area (Å²) in [4.78, 5) is 33.6. The van der Waals surface area contributed by atoms with Gasteiger partial charge in [-0.05, 0) is 43.4 Å². The number of para-hydroxylation sites is 1. The fourth-order valence-electron chi connectivity index (χ4n) is 4.66. The molecule has 0 atom stereocenters. The number of aryl methyl sites for hydroxylation is 1. The van der Waals surface area contributed by atoms with E-state index in [9.17, 15) is 9.59 Å². The van der Waals surface area contributed by atoms with Crippen molar-refractivity contribution in [2.45, 2.75) is 78.7 Å². The fraction of sp³-hybridized carbons (Fsp3) is 0.484. The molecule has 0 aliphatic carbocycles. The van der Waals surface area contributed by atoms with Crippen LogP contribution in [0.3, 0.4) is 0 Å². The number of carbonyl (C=O) groups excluding carboxylic acids is 2. The molecule has 0 unspecified atom stereocenters. The molecule has 1 aromatic heterocycles. The van der Waals surface area contributed by atoms with Gasteiger partial charge in [0.2, 0.25) is 11.8 Å². The molecule has 2 aromatic carbocycles. The number of aromatic amines is 1. The smallest absolute Gasteiger partial charge is 0.242 e. The summed E-state index contributed by atoms with van der Waals surface area (Å²) in [6.07, 6.45) is 9.76. The second-order valence-corrected chi connectivity index (χ2v) is 9.89. The van der Waals surface area contributed by atoms with Crippen LogP contribution in [-0.4, -0.2) is 46.2 Å². The highest BCUT2D eigenvalue weighted by molar-refractivity contribution is 5.85. The minimum absolute atomic E-state index is 0.0169. The maximum atomic E-state index is 13.6. The Morgan fingerprint density at radius 2 is 1.56 bits per heavy atom. The second-order valence-electron chi connectivity index (χ2n) is 9.89. The van der Waals surface area contributed by atoms with Crippen LogP contribution in [0, 0.1) is 6.92 Å². The van der Waals surface area contributed by atoms with Crippen molar-refractivity contribution in [1.82, 2.24) is 14.8 Å². The van der Waals surface area contributed by atoms with Crippen molar-refractivity contribution in [3.8, 4) is 0 Å². The molecule has 3 rings (SSSR count). The Morgan fingerprint density at radius 1 is 0.806 bits per heavy atom. The number of rotatable bonds is 15. The third-order valence-corrected chi connectivity index (χ3v) is 6.84. The van der Waals surface area contributed by atoms with Gasteiger partial charge >= 0.3 is 0 Å². The lowest BCUT2D eigenvalue weighted by molar-refractivity contribution is -0.141. The van der Waals surface area contributed by atoms with Crippen LogP contribution in [0.15, 0.2) is 54.7 Å². The van der Waals surface area contributed by atoms with E-state index >= 15 is 0 Å². The van der Waals surface area contributed by atoms with Gasteiger partial charge < -0.3 is 14.8 Å². The number of aromatic nitrogens is 1. The van der Waals surface area contributed by atoms with Crippen LogP contribution in [0.5, 0.6) is 0 Å². The number of benzene rings is 2. The average molecular weight is 490 g/mol. The van der Waals surface area contributed by atoms with Gasteiger partial charge in [0, 0.05) is 43.2 Å². The lowest BCUT2D eigenvalue weighted by atomic mass is 10.1. The van der Waals surface area contributed by atoms with Crippen molar-refractivity contribution in [2.75, 3.05) is 19.6 Å². The summed E-state index contributed by atoms with van der Waals surface area (Å²) in [7, 11) is 0. The lowest BCUT2D eigenvalue weighted by Gasteiger charge is -2.28. The summed E-state index contributed by atoms with van der Waals surface area (Å²) in [6, 6.07) is 16.6. The summed E-state index contributed by atoms with van der Waals surface area (Å²) in [6.45, 7) is 8.27. The highest BCUT2D eigenvalue weighted by Crippen LogP contribution is 2.19. The first-order valence-electron chi connectivity index (χ1n) is 13.7. The monoisotopic (exact) mass is 489 g/mol. The maximum absolute atomic E-state index is 13.6. The normalized spacial score (nSPS) is 11.1. The largest absolute Gasteiger partial charge is 0.361 e. The Kier molecular flexibility index (Phi) is 11.1. The van der Waals surface area contributed by atoms with Crippen LogP contribution >= 0.6 is 0 Å². The van der Waals surface area contributed by atoms with Gasteiger partial charge in [-0.15, -0.1) is 0 Å². The van der Waals surface area contributed by atoms with Crippen LogP contribution in [-0.2, 0) is 22.6 Å². The van der Waals surface area contributed by atoms with E-state index in [-0.39, 0.29) is 18.4 Å². The van der Waals surface area contributed by atoms with Gasteiger partial charge in [0.25, 0.3) is 0 Å². The molecule has 1 heterocycles. The van der Waals surface area contributed by atoms with E-state index in [1.165, 1.54) is 35.8 Å². The molecule has 0 aliphatic rings. The van der Waals surface area contributed by atoms with Gasteiger partial charge in [0.15, 0.2) is 0 Å². The van der Waals surface area contributed by atoms with Crippen LogP contribution in [0.25, 0.3) is 10.9 Å². The molecule has 0 saturated carbocycles. The number of hydrogen-bond donors (Lipinski definition) is 1. The third kappa shape index (κ3) is 8.25. The minimum atomic E-state index is 0.0169. The van der Waals surface area contributed by atoms with Crippen molar-refractivity contribution in [1.29, 1.82) is 0 Å². The Hall–Kier alpha value is -3.08. The van der Waals surface area contributed by atoms with Crippen LogP contribution < -0.4 is 0 Å². The number of hydrogen-bond acceptors (Lipinski definition) is 2. The standard InChI is InChI=1S/C31H43N3O2/c1-4-6-7-8-9-14-30(35)33(20-5-2)24-31(36)34(23-26-17-15-25(3)16-18-26)21-19-27-22-32-29-13-11-10-12-28(27)29/h10-13,15-18,22,32H,4-9,14,19-21,23-24H2,1-3H3. The number of nitrogens with one attached hydrogen (secondary N) is 1. The SMILES string of the molecule is CCCCCCCC(=O)N(CCC)CC(=O)N(CCc1c[nH]c2ccccc12)Cc1ccc(C)cc1. The van der Waals surface area contributed by atoms with E-state index in [2.05, 4.69) is 62.2 Å². The highest BCUT2D eigenvalue weighted by Gasteiger charge is 2.21. The fourth-order valence-corrected chi connectivity index (χ4v) is 4.66. The molecule has 2 amide bonds. The topological polar surface area (TPSA) is 56.4 Å². The van der Waals surface area contributed by atoms with Gasteiger partial charge in [-0.25, -0.2) is 0 Å². The minimum Gasteiger partial charge on any atom is -0.361 e. The first kappa shape index (κ1) is 27.5. The van der Waals surface area contributed by atoms with E-state index in [0.717, 1.165) is 36.8 Å². The summed E-state index contributed by atoms with van der Waals surface area (Å²) < 4.78 is 0. The molecular weight excluding hydrogens is 446 g/mol. The van der Waals surface area contributed by atoms with E-state index in [1.54, 1.807) is 4.90 Å². The van der Waals surface area contributed by atoms with Crippen molar-refractivity contribution in [3.05, 3.63) is 71.4 Å². The number of fused-ring (bicyclic) bond motifs is 1. The molecule has 5 nitrogen and oxygen atoms in total. The van der Waals surface area contributed by atoms with Crippen LogP contribution in [0.2, 0.25) is 0 Å². The van der Waals surface area contributed by atoms with Crippen LogP contribution in [0.4, 0.5) is 0 Å². The lowest BCUT2D eigenvalue weighted by Crippen LogP contribution is -2.43. The third-order valence-electron chi connectivity index (χ3n) is 6.84. The van der Waals surface area contributed by atoms with Gasteiger partial charge in [0.05, 0.1) is 6.54 Å². The molecule has 5 heteroatoms. The Labute approximate surface area is 216 Å². The van der Waals surface area contributed by atoms with Crippen molar-refractivity contribution in [3.63, 3.8) is 0 Å². The zero-order valence-electron chi connectivity index (χ0n) is 22.4. The highest BCUT2D eigenvalue weighted by atomic mass is 16.2. The molecule has 0 aliphatic heterocycles. The Balaban J connectivity index is 1.68. The summed E-state index contributed by atoms with van der Waals surface area (Å²) in [5.74, 6) is 0.122. The molecule has 0 fully saturated rings. The molecule has 3 aromatic rings. The van der Waals surface area contributed by atoms with Gasteiger partial charge in [0.1, 0.15) is 0 Å². The van der Waals surface area contributed by atoms with E-state index < -0.39 is 0 Å². The zero-order valence-corrected chi connectivity index (χ0v) is 22.4. The second kappa shape index (κ2) is 14.5. The summed E-state index contributed by atoms with van der Waals surface area (Å²) in [5.41, 5.74) is 4.63. The van der Waals surface area contributed by atoms with Crippen LogP contribution in [0.1, 0.15) is 75.5 Å². The molecule has 1 N–H and O–H groups in total. The number of nitrogens with zero attached hydrogens (tertiary/aromatic N) is 2. The predicted octanol–water partition coefficient (Wildman–Crippen LogP) is 6.65. The summed E-state index contributed by atoms with van der Waals surface area (Å²) >= 11 is 0. The van der Waals surface area contributed by atoms with Gasteiger partial charge in [-0.1, -0.05) is 87.6 Å². The van der Waals surface area contributed by atoms with E-state index in [0.29, 0.717) is 26.1 Å². The van der Waals surface area contributed by atoms with E-state index in [1.807, 2.05) is 23.2 Å². The molecule has 0 saturated heterocycles. The van der Waals surface area contributed by atoms with Crippen molar-refractivity contribution < 1.29 is 9.59 Å². The first-order chi connectivity index (χ1) is 17.5. The van der Waals surface area contributed by atoms with E-state index in [4.69, 9.17) is 0 Å². The summed E-state index contributed by atoms with van der Waals surface area (Å²) in [5, 5.41) is 1.20. The van der Waals surface area contributed by atoms with Crippen molar-refractivity contribution >= 4 is 22.7 Å². The number of unbranched alkanes of at least 4 members (excludes halogenated alkanes) is 4. The average Bonchev–Trinajstić information content (AvgIpc) is 3.30. The molecular formula is C31H43N3O2. The maximum Gasteiger partial charge on any atom is 0.242 e. The van der Waals surface area contributed by atoms with Gasteiger partial charge in [-0.3, -0.25) is 9.59 Å². The van der Waals surface area contributed by atoms with Crippen molar-refractivity contribution in [2.24, 2.45) is 0 Å². The zero-order chi connectivity index (χ0) is 25.8. The predicted molar refractivity (Wildman–Crippen MR) is 149 cm³/mol. The molecule has 0 bridgehead atoms. The molecule has 0 radical (unpaired) electrons. The molecule has 0 spiro atoms. The number of H-pyrrole nitrogens is 1. The Bertz CT molecular complexity index is 1090.